The highest BCUT2D eigenvalue weighted by molar-refractivity contribution is 6.01. The summed E-state index contributed by atoms with van der Waals surface area (Å²) in [6.45, 7) is 6.69. The van der Waals surface area contributed by atoms with Gasteiger partial charge < -0.3 is 14.4 Å². The van der Waals surface area contributed by atoms with E-state index in [1.54, 1.807) is 23.1 Å². The molecule has 1 aromatic carbocycles. The predicted octanol–water partition coefficient (Wildman–Crippen LogP) is 1.73. The minimum absolute atomic E-state index is 0.0539. The summed E-state index contributed by atoms with van der Waals surface area (Å²) in [7, 11) is 0. The van der Waals surface area contributed by atoms with Crippen LogP contribution in [0.2, 0.25) is 0 Å². The zero-order valence-corrected chi connectivity index (χ0v) is 14.1. The number of morpholine rings is 1. The molecule has 2 aliphatic heterocycles. The van der Waals surface area contributed by atoms with E-state index in [2.05, 4.69) is 4.90 Å². The summed E-state index contributed by atoms with van der Waals surface area (Å²) in [6, 6.07) is 5.38. The largest absolute Gasteiger partial charge is 0.482 e. The van der Waals surface area contributed by atoms with Gasteiger partial charge in [0.2, 0.25) is 0 Å². The smallest absolute Gasteiger partial charge is 0.265 e. The van der Waals surface area contributed by atoms with Crippen LogP contribution in [0.4, 0.5) is 5.69 Å². The molecule has 0 aromatic heterocycles. The second kappa shape index (κ2) is 7.77. The molecule has 1 aromatic rings. The van der Waals surface area contributed by atoms with E-state index >= 15 is 0 Å². The van der Waals surface area contributed by atoms with Gasteiger partial charge in [0, 0.05) is 38.2 Å². The Bertz CT molecular complexity index is 611. The lowest BCUT2D eigenvalue weighted by atomic mass is 10.0. The summed E-state index contributed by atoms with van der Waals surface area (Å²) in [5.41, 5.74) is 1.35. The van der Waals surface area contributed by atoms with Gasteiger partial charge in [-0.05, 0) is 24.6 Å². The molecule has 6 heteroatoms. The molecule has 3 rings (SSSR count). The summed E-state index contributed by atoms with van der Waals surface area (Å²) in [4.78, 5) is 28.5. The van der Waals surface area contributed by atoms with E-state index in [4.69, 9.17) is 9.47 Å². The Kier molecular flexibility index (Phi) is 5.48. The van der Waals surface area contributed by atoms with Crippen molar-refractivity contribution in [2.75, 3.05) is 50.9 Å². The number of ketones is 1. The molecule has 0 unspecified atom stereocenters. The van der Waals surface area contributed by atoms with Crippen LogP contribution < -0.4 is 9.64 Å². The molecule has 2 aliphatic rings. The number of fused-ring (bicyclic) bond motifs is 1. The lowest BCUT2D eigenvalue weighted by Gasteiger charge is -2.33. The van der Waals surface area contributed by atoms with Crippen LogP contribution in [0.1, 0.15) is 30.1 Å². The van der Waals surface area contributed by atoms with Gasteiger partial charge in [0.1, 0.15) is 5.75 Å². The van der Waals surface area contributed by atoms with Crippen LogP contribution in [0.3, 0.4) is 0 Å². The van der Waals surface area contributed by atoms with E-state index in [9.17, 15) is 9.59 Å². The highest BCUT2D eigenvalue weighted by Gasteiger charge is 2.27. The van der Waals surface area contributed by atoms with Gasteiger partial charge in [-0.15, -0.1) is 0 Å². The molecular weight excluding hydrogens is 308 g/mol. The van der Waals surface area contributed by atoms with E-state index in [0.29, 0.717) is 30.0 Å². The Labute approximate surface area is 142 Å². The van der Waals surface area contributed by atoms with Crippen LogP contribution in [0.15, 0.2) is 18.2 Å². The maximum Gasteiger partial charge on any atom is 0.265 e. The van der Waals surface area contributed by atoms with Crippen molar-refractivity contribution in [3.8, 4) is 5.75 Å². The quantitative estimate of drug-likeness (QED) is 0.743. The average Bonchev–Trinajstić information content (AvgIpc) is 2.61. The highest BCUT2D eigenvalue weighted by atomic mass is 16.5. The number of carbonyl (C=O) groups is 2. The van der Waals surface area contributed by atoms with Gasteiger partial charge >= 0.3 is 0 Å². The van der Waals surface area contributed by atoms with Crippen LogP contribution >= 0.6 is 0 Å². The molecule has 6 nitrogen and oxygen atoms in total. The standard InChI is InChI=1S/C18H24N2O4/c1-2-3-16(21)14-4-5-17-15(12-14)20(18(22)13-24-17)7-6-19-8-10-23-11-9-19/h4-5,12H,2-3,6-11,13H2,1H3. The molecule has 0 atom stereocenters. The average molecular weight is 332 g/mol. The fourth-order valence-electron chi connectivity index (χ4n) is 3.06. The van der Waals surface area contributed by atoms with Gasteiger partial charge in [-0.2, -0.15) is 0 Å². The number of carbonyl (C=O) groups excluding carboxylic acids is 2. The third kappa shape index (κ3) is 3.76. The zero-order chi connectivity index (χ0) is 16.9. The molecule has 1 fully saturated rings. The van der Waals surface area contributed by atoms with Crippen molar-refractivity contribution in [1.29, 1.82) is 0 Å². The SMILES string of the molecule is CCCC(=O)c1ccc2c(c1)N(CCN1CCOCC1)C(=O)CO2. The number of benzene rings is 1. The molecule has 0 N–H and O–H groups in total. The minimum atomic E-state index is -0.0594. The van der Waals surface area contributed by atoms with Gasteiger partial charge in [-0.1, -0.05) is 6.92 Å². The van der Waals surface area contributed by atoms with Crippen molar-refractivity contribution in [3.05, 3.63) is 23.8 Å². The van der Waals surface area contributed by atoms with Crippen LogP contribution in [-0.2, 0) is 9.53 Å². The van der Waals surface area contributed by atoms with E-state index in [-0.39, 0.29) is 18.3 Å². The first-order valence-corrected chi connectivity index (χ1v) is 8.59. The molecular formula is C18H24N2O4. The zero-order valence-electron chi connectivity index (χ0n) is 14.1. The number of ether oxygens (including phenoxy) is 2. The minimum Gasteiger partial charge on any atom is -0.482 e. The second-order valence-corrected chi connectivity index (χ2v) is 6.14. The maximum absolute atomic E-state index is 12.3. The maximum atomic E-state index is 12.3. The molecule has 1 amide bonds. The number of rotatable bonds is 6. The molecule has 0 aliphatic carbocycles. The van der Waals surface area contributed by atoms with E-state index < -0.39 is 0 Å². The Morgan fingerprint density at radius 2 is 2.00 bits per heavy atom. The second-order valence-electron chi connectivity index (χ2n) is 6.14. The highest BCUT2D eigenvalue weighted by Crippen LogP contribution is 2.33. The van der Waals surface area contributed by atoms with Crippen LogP contribution in [0, 0.1) is 0 Å². The summed E-state index contributed by atoms with van der Waals surface area (Å²) >= 11 is 0. The van der Waals surface area contributed by atoms with E-state index in [1.165, 1.54) is 0 Å². The Balaban J connectivity index is 1.76. The van der Waals surface area contributed by atoms with Gasteiger partial charge in [0.25, 0.3) is 5.91 Å². The summed E-state index contributed by atoms with van der Waals surface area (Å²) in [5.74, 6) is 0.715. The predicted molar refractivity (Wildman–Crippen MR) is 90.8 cm³/mol. The van der Waals surface area contributed by atoms with Crippen molar-refractivity contribution in [2.24, 2.45) is 0 Å². The Morgan fingerprint density at radius 1 is 1.21 bits per heavy atom. The first-order valence-electron chi connectivity index (χ1n) is 8.59. The summed E-state index contributed by atoms with van der Waals surface area (Å²) in [5, 5.41) is 0. The first-order chi connectivity index (χ1) is 11.7. The number of hydrogen-bond donors (Lipinski definition) is 0. The van der Waals surface area contributed by atoms with Crippen LogP contribution in [-0.4, -0.2) is 62.6 Å². The van der Waals surface area contributed by atoms with Crippen LogP contribution in [0.25, 0.3) is 0 Å². The number of Topliss-reactive ketones (excluding diaryl/α,β-unsaturated/α-hetero) is 1. The number of nitrogens with zero attached hydrogens (tertiary/aromatic N) is 2. The molecule has 0 saturated carbocycles. The summed E-state index contributed by atoms with van der Waals surface area (Å²) < 4.78 is 10.9. The fraction of sp³-hybridized carbons (Fsp3) is 0.556. The lowest BCUT2D eigenvalue weighted by Crippen LogP contribution is -2.46. The van der Waals surface area contributed by atoms with Crippen LogP contribution in [0.5, 0.6) is 5.75 Å². The summed E-state index contributed by atoms with van der Waals surface area (Å²) in [6.07, 6.45) is 1.33. The topological polar surface area (TPSA) is 59.1 Å². The molecule has 0 spiro atoms. The molecule has 1 saturated heterocycles. The van der Waals surface area contributed by atoms with E-state index in [1.807, 2.05) is 6.92 Å². The molecule has 130 valence electrons. The fourth-order valence-corrected chi connectivity index (χ4v) is 3.06. The van der Waals surface area contributed by atoms with Gasteiger partial charge in [-0.25, -0.2) is 0 Å². The third-order valence-corrected chi connectivity index (χ3v) is 4.44. The number of amides is 1. The molecule has 0 radical (unpaired) electrons. The van der Waals surface area contributed by atoms with Gasteiger partial charge in [-0.3, -0.25) is 14.5 Å². The molecule has 2 heterocycles. The monoisotopic (exact) mass is 332 g/mol. The third-order valence-electron chi connectivity index (χ3n) is 4.44. The molecule has 0 bridgehead atoms. The van der Waals surface area contributed by atoms with Crippen molar-refractivity contribution in [3.63, 3.8) is 0 Å². The van der Waals surface area contributed by atoms with Gasteiger partial charge in [0.05, 0.1) is 18.9 Å². The van der Waals surface area contributed by atoms with Crippen molar-refractivity contribution >= 4 is 17.4 Å². The van der Waals surface area contributed by atoms with Gasteiger partial charge in [0.15, 0.2) is 12.4 Å². The molecule has 24 heavy (non-hydrogen) atoms. The van der Waals surface area contributed by atoms with E-state index in [0.717, 1.165) is 39.3 Å². The van der Waals surface area contributed by atoms with Crippen molar-refractivity contribution < 1.29 is 19.1 Å². The normalized spacial score (nSPS) is 18.2. The lowest BCUT2D eigenvalue weighted by molar-refractivity contribution is -0.121. The Hall–Kier alpha value is -1.92. The number of hydrogen-bond acceptors (Lipinski definition) is 5. The van der Waals surface area contributed by atoms with Crippen molar-refractivity contribution in [1.82, 2.24) is 4.90 Å². The Morgan fingerprint density at radius 3 is 2.75 bits per heavy atom. The number of anilines is 1. The van der Waals surface area contributed by atoms with Crippen molar-refractivity contribution in [2.45, 2.75) is 19.8 Å². The first kappa shape index (κ1) is 16.9.